The Morgan fingerprint density at radius 3 is 2.61 bits per heavy atom. The van der Waals surface area contributed by atoms with Crippen LogP contribution in [0.3, 0.4) is 0 Å². The summed E-state index contributed by atoms with van der Waals surface area (Å²) in [5.41, 5.74) is 1.35. The number of hydrogen-bond donors (Lipinski definition) is 2. The second-order valence-corrected chi connectivity index (χ2v) is 8.74. The lowest BCUT2D eigenvalue weighted by Crippen LogP contribution is -2.44. The minimum atomic E-state index is -0.390. The number of nitrogens with one attached hydrogen (secondary N) is 2. The van der Waals surface area contributed by atoms with Gasteiger partial charge in [-0.2, -0.15) is 5.10 Å². The molecule has 2 heterocycles. The summed E-state index contributed by atoms with van der Waals surface area (Å²) in [6.45, 7) is 9.78. The van der Waals surface area contributed by atoms with Crippen LogP contribution in [0.2, 0.25) is 0 Å². The van der Waals surface area contributed by atoms with E-state index in [0.29, 0.717) is 24.2 Å². The van der Waals surface area contributed by atoms with Crippen molar-refractivity contribution in [1.82, 2.24) is 20.0 Å². The van der Waals surface area contributed by atoms with Gasteiger partial charge in [-0.3, -0.25) is 19.1 Å². The highest BCUT2D eigenvalue weighted by Crippen LogP contribution is 2.42. The standard InChI is InChI=1S/C23H29N5O3/c1-6-19(29)26-18-10-8-7-9-17(18)22(31)24-12-15-11-20(30)28(23(2,3)4)21(15)16-13-25-27(5)14-16/h6-10,13-15,21H,1,11-12H2,2-5H3,(H,24,31)(H,26,29)/t15-,21+/m1/s1. The maximum absolute atomic E-state index is 12.9. The molecule has 0 aliphatic carbocycles. The highest BCUT2D eigenvalue weighted by molar-refractivity contribution is 6.06. The Morgan fingerprint density at radius 1 is 1.29 bits per heavy atom. The average Bonchev–Trinajstić information content (AvgIpc) is 3.28. The van der Waals surface area contributed by atoms with Crippen LogP contribution in [0.25, 0.3) is 0 Å². The second kappa shape index (κ2) is 8.75. The second-order valence-electron chi connectivity index (χ2n) is 8.74. The Bertz CT molecular complexity index is 1000. The van der Waals surface area contributed by atoms with Crippen LogP contribution in [0.1, 0.15) is 49.2 Å². The Morgan fingerprint density at radius 2 is 2.00 bits per heavy atom. The molecule has 0 spiro atoms. The number of aromatic nitrogens is 2. The number of anilines is 1. The zero-order valence-corrected chi connectivity index (χ0v) is 18.4. The Hall–Kier alpha value is -3.42. The molecule has 1 saturated heterocycles. The Balaban J connectivity index is 1.80. The molecule has 164 valence electrons. The fourth-order valence-corrected chi connectivity index (χ4v) is 4.08. The highest BCUT2D eigenvalue weighted by Gasteiger charge is 2.45. The van der Waals surface area contributed by atoms with E-state index in [9.17, 15) is 14.4 Å². The van der Waals surface area contributed by atoms with E-state index in [-0.39, 0.29) is 35.2 Å². The minimum Gasteiger partial charge on any atom is -0.352 e. The lowest BCUT2D eigenvalue weighted by molar-refractivity contribution is -0.133. The molecule has 2 N–H and O–H groups in total. The smallest absolute Gasteiger partial charge is 0.253 e. The van der Waals surface area contributed by atoms with Gasteiger partial charge in [-0.05, 0) is 39.0 Å². The normalized spacial score (nSPS) is 18.7. The summed E-state index contributed by atoms with van der Waals surface area (Å²) in [7, 11) is 1.84. The molecular weight excluding hydrogens is 394 g/mol. The molecule has 0 saturated carbocycles. The third-order valence-corrected chi connectivity index (χ3v) is 5.36. The fraction of sp³-hybridized carbons (Fsp3) is 0.391. The summed E-state index contributed by atoms with van der Waals surface area (Å²) in [5, 5.41) is 9.87. The molecule has 1 aliphatic heterocycles. The summed E-state index contributed by atoms with van der Waals surface area (Å²) < 4.78 is 1.72. The SMILES string of the molecule is C=CC(=O)Nc1ccccc1C(=O)NC[C@H]1CC(=O)N(C(C)(C)C)[C@@H]1c1cnn(C)c1. The predicted molar refractivity (Wildman–Crippen MR) is 118 cm³/mol. The van der Waals surface area contributed by atoms with Crippen molar-refractivity contribution < 1.29 is 14.4 Å². The van der Waals surface area contributed by atoms with Crippen molar-refractivity contribution >= 4 is 23.4 Å². The van der Waals surface area contributed by atoms with Gasteiger partial charge in [-0.15, -0.1) is 0 Å². The third kappa shape index (κ3) is 4.84. The van der Waals surface area contributed by atoms with Gasteiger partial charge in [-0.1, -0.05) is 18.7 Å². The monoisotopic (exact) mass is 423 g/mol. The number of rotatable bonds is 6. The van der Waals surface area contributed by atoms with Gasteiger partial charge >= 0.3 is 0 Å². The van der Waals surface area contributed by atoms with Gasteiger partial charge in [0.05, 0.1) is 23.5 Å². The summed E-state index contributed by atoms with van der Waals surface area (Å²) in [4.78, 5) is 39.3. The number of carbonyl (C=O) groups excluding carboxylic acids is 3. The van der Waals surface area contributed by atoms with Crippen LogP contribution >= 0.6 is 0 Å². The number of amides is 3. The van der Waals surface area contributed by atoms with E-state index in [2.05, 4.69) is 22.3 Å². The summed E-state index contributed by atoms with van der Waals surface area (Å²) in [6.07, 6.45) is 5.18. The molecule has 0 radical (unpaired) electrons. The topological polar surface area (TPSA) is 96.3 Å². The zero-order chi connectivity index (χ0) is 22.8. The van der Waals surface area contributed by atoms with Crippen LogP contribution in [0.15, 0.2) is 49.3 Å². The van der Waals surface area contributed by atoms with Crippen LogP contribution in [-0.4, -0.2) is 44.5 Å². The van der Waals surface area contributed by atoms with E-state index in [1.165, 1.54) is 0 Å². The zero-order valence-electron chi connectivity index (χ0n) is 18.4. The quantitative estimate of drug-likeness (QED) is 0.698. The van der Waals surface area contributed by atoms with Crippen LogP contribution < -0.4 is 10.6 Å². The number of aryl methyl sites for hydroxylation is 1. The van der Waals surface area contributed by atoms with Crippen molar-refractivity contribution in [3.63, 3.8) is 0 Å². The van der Waals surface area contributed by atoms with Gasteiger partial charge in [0.25, 0.3) is 5.91 Å². The number of carbonyl (C=O) groups is 3. The number of para-hydroxylation sites is 1. The van der Waals surface area contributed by atoms with Crippen molar-refractivity contribution in [2.75, 3.05) is 11.9 Å². The molecular formula is C23H29N5O3. The number of benzene rings is 1. The number of hydrogen-bond acceptors (Lipinski definition) is 4. The van der Waals surface area contributed by atoms with Crippen LogP contribution in [0.5, 0.6) is 0 Å². The summed E-state index contributed by atoms with van der Waals surface area (Å²) in [6, 6.07) is 6.60. The van der Waals surface area contributed by atoms with Crippen molar-refractivity contribution in [2.45, 2.75) is 38.8 Å². The Kier molecular flexibility index (Phi) is 6.29. The first-order chi connectivity index (χ1) is 14.6. The van der Waals surface area contributed by atoms with Gasteiger partial charge < -0.3 is 15.5 Å². The molecule has 1 aromatic heterocycles. The van der Waals surface area contributed by atoms with E-state index in [1.807, 2.05) is 38.9 Å². The molecule has 3 amide bonds. The minimum absolute atomic E-state index is 0.0549. The van der Waals surface area contributed by atoms with Crippen molar-refractivity contribution in [1.29, 1.82) is 0 Å². The van der Waals surface area contributed by atoms with Gasteiger partial charge in [-0.25, -0.2) is 0 Å². The summed E-state index contributed by atoms with van der Waals surface area (Å²) in [5.74, 6) is -0.750. The van der Waals surface area contributed by atoms with Gasteiger partial charge in [0, 0.05) is 43.2 Å². The average molecular weight is 424 g/mol. The van der Waals surface area contributed by atoms with E-state index < -0.39 is 0 Å². The largest absolute Gasteiger partial charge is 0.352 e. The number of likely N-dealkylation sites (tertiary alicyclic amines) is 1. The van der Waals surface area contributed by atoms with E-state index in [0.717, 1.165) is 11.6 Å². The highest BCUT2D eigenvalue weighted by atomic mass is 16.2. The molecule has 3 rings (SSSR count). The molecule has 2 aromatic rings. The van der Waals surface area contributed by atoms with Crippen molar-refractivity contribution in [3.8, 4) is 0 Å². The van der Waals surface area contributed by atoms with Crippen LogP contribution in [-0.2, 0) is 16.6 Å². The van der Waals surface area contributed by atoms with E-state index in [4.69, 9.17) is 0 Å². The predicted octanol–water partition coefficient (Wildman–Crippen LogP) is 2.66. The lowest BCUT2D eigenvalue weighted by Gasteiger charge is -2.38. The molecule has 0 unspecified atom stereocenters. The fourth-order valence-electron chi connectivity index (χ4n) is 4.08. The maximum atomic E-state index is 12.9. The molecule has 1 fully saturated rings. The molecule has 1 aromatic carbocycles. The van der Waals surface area contributed by atoms with Crippen LogP contribution in [0, 0.1) is 5.92 Å². The first-order valence-corrected chi connectivity index (χ1v) is 10.2. The molecule has 31 heavy (non-hydrogen) atoms. The first kappa shape index (κ1) is 22.3. The maximum Gasteiger partial charge on any atom is 0.253 e. The van der Waals surface area contributed by atoms with Crippen LogP contribution in [0.4, 0.5) is 5.69 Å². The van der Waals surface area contributed by atoms with E-state index in [1.54, 1.807) is 35.1 Å². The molecule has 0 bridgehead atoms. The van der Waals surface area contributed by atoms with Gasteiger partial charge in [0.15, 0.2) is 0 Å². The number of nitrogens with zero attached hydrogens (tertiary/aromatic N) is 3. The molecule has 8 heteroatoms. The third-order valence-electron chi connectivity index (χ3n) is 5.36. The lowest BCUT2D eigenvalue weighted by atomic mass is 9.93. The van der Waals surface area contributed by atoms with Crippen molar-refractivity contribution in [3.05, 3.63) is 60.4 Å². The first-order valence-electron chi connectivity index (χ1n) is 10.2. The Labute approximate surface area is 182 Å². The van der Waals surface area contributed by atoms with Crippen molar-refractivity contribution in [2.24, 2.45) is 13.0 Å². The molecule has 2 atom stereocenters. The van der Waals surface area contributed by atoms with Gasteiger partial charge in [0.1, 0.15) is 0 Å². The van der Waals surface area contributed by atoms with E-state index >= 15 is 0 Å². The molecule has 1 aliphatic rings. The summed E-state index contributed by atoms with van der Waals surface area (Å²) >= 11 is 0. The molecule has 8 nitrogen and oxygen atoms in total. The van der Waals surface area contributed by atoms with Gasteiger partial charge in [0.2, 0.25) is 11.8 Å².